The molecule has 1 aromatic carbocycles. The van der Waals surface area contributed by atoms with Gasteiger partial charge in [0.1, 0.15) is 0 Å². The molecular weight excluding hydrogens is 374 g/mol. The third-order valence-corrected chi connectivity index (χ3v) is 7.78. The summed E-state index contributed by atoms with van der Waals surface area (Å²) in [6.45, 7) is 6.20. The molecule has 0 bridgehead atoms. The third-order valence-electron chi connectivity index (χ3n) is 5.93. The molecule has 2 aliphatic rings. The Hall–Kier alpha value is -1.44. The minimum atomic E-state index is -3.23. The van der Waals surface area contributed by atoms with Gasteiger partial charge in [-0.15, -0.1) is 0 Å². The molecule has 1 aromatic rings. The summed E-state index contributed by atoms with van der Waals surface area (Å²) in [6.07, 6.45) is 5.33. The van der Waals surface area contributed by atoms with Crippen LogP contribution in [0, 0.1) is 5.92 Å². The molecule has 0 aromatic heterocycles. The summed E-state index contributed by atoms with van der Waals surface area (Å²) in [5.74, 6) is -0.210. The van der Waals surface area contributed by atoms with E-state index in [9.17, 15) is 13.2 Å². The highest BCUT2D eigenvalue weighted by atomic mass is 32.2. The van der Waals surface area contributed by atoms with Gasteiger partial charge in [0.05, 0.1) is 11.7 Å². The van der Waals surface area contributed by atoms with E-state index in [1.807, 2.05) is 6.07 Å². The first-order valence-corrected chi connectivity index (χ1v) is 12.1. The standard InChI is InChI=1S/C21H33N3O3S/c1-2-28(26,27)24-14-8-11-20(17-24)21(25)22-15-18-9-4-5-10-19(18)16-23-12-6-3-7-13-23/h4-5,9-10,20H,2-3,6-8,11-17H2,1H3,(H,22,25)/t20-/m1/s1. The lowest BCUT2D eigenvalue weighted by Crippen LogP contribution is -2.45. The van der Waals surface area contributed by atoms with E-state index in [-0.39, 0.29) is 17.6 Å². The van der Waals surface area contributed by atoms with Crippen molar-refractivity contribution in [2.45, 2.75) is 52.1 Å². The number of amides is 1. The zero-order valence-corrected chi connectivity index (χ0v) is 17.7. The van der Waals surface area contributed by atoms with Gasteiger partial charge in [-0.3, -0.25) is 9.69 Å². The van der Waals surface area contributed by atoms with Crippen molar-refractivity contribution in [3.05, 3.63) is 35.4 Å². The number of piperidine rings is 2. The van der Waals surface area contributed by atoms with Crippen LogP contribution in [-0.2, 0) is 27.9 Å². The molecule has 1 N–H and O–H groups in total. The predicted octanol–water partition coefficient (Wildman–Crippen LogP) is 2.35. The maximum absolute atomic E-state index is 12.7. The van der Waals surface area contributed by atoms with Crippen LogP contribution in [-0.4, -0.2) is 55.5 Å². The number of hydrogen-bond donors (Lipinski definition) is 1. The summed E-state index contributed by atoms with van der Waals surface area (Å²) in [4.78, 5) is 15.2. The van der Waals surface area contributed by atoms with Gasteiger partial charge >= 0.3 is 0 Å². The second kappa shape index (κ2) is 9.85. The maximum atomic E-state index is 12.7. The molecule has 3 rings (SSSR count). The van der Waals surface area contributed by atoms with Gasteiger partial charge in [0.2, 0.25) is 15.9 Å². The van der Waals surface area contributed by atoms with Crippen molar-refractivity contribution >= 4 is 15.9 Å². The lowest BCUT2D eigenvalue weighted by molar-refractivity contribution is -0.126. The molecule has 6 nitrogen and oxygen atoms in total. The average molecular weight is 408 g/mol. The molecule has 0 unspecified atom stereocenters. The van der Waals surface area contributed by atoms with Crippen molar-refractivity contribution < 1.29 is 13.2 Å². The fraction of sp³-hybridized carbons (Fsp3) is 0.667. The van der Waals surface area contributed by atoms with Crippen LogP contribution in [0.5, 0.6) is 0 Å². The number of hydrogen-bond acceptors (Lipinski definition) is 4. The Morgan fingerprint density at radius 2 is 1.79 bits per heavy atom. The lowest BCUT2D eigenvalue weighted by atomic mass is 9.98. The zero-order valence-electron chi connectivity index (χ0n) is 16.9. The number of nitrogens with zero attached hydrogens (tertiary/aromatic N) is 2. The molecule has 2 saturated heterocycles. The lowest BCUT2D eigenvalue weighted by Gasteiger charge is -2.31. The van der Waals surface area contributed by atoms with E-state index in [1.54, 1.807) is 6.92 Å². The van der Waals surface area contributed by atoms with Crippen LogP contribution < -0.4 is 5.32 Å². The van der Waals surface area contributed by atoms with Gasteiger partial charge in [0, 0.05) is 26.2 Å². The SMILES string of the molecule is CCS(=O)(=O)N1CCC[C@@H](C(=O)NCc2ccccc2CN2CCCCC2)C1. The second-order valence-electron chi connectivity index (χ2n) is 7.92. The van der Waals surface area contributed by atoms with Gasteiger partial charge in [0.15, 0.2) is 0 Å². The van der Waals surface area contributed by atoms with Gasteiger partial charge in [-0.25, -0.2) is 12.7 Å². The predicted molar refractivity (Wildman–Crippen MR) is 111 cm³/mol. The molecule has 1 amide bonds. The zero-order chi connectivity index (χ0) is 20.0. The van der Waals surface area contributed by atoms with Crippen LogP contribution >= 0.6 is 0 Å². The van der Waals surface area contributed by atoms with Crippen LogP contribution in [0.25, 0.3) is 0 Å². The average Bonchev–Trinajstić information content (AvgIpc) is 2.73. The number of carbonyl (C=O) groups is 1. The largest absolute Gasteiger partial charge is 0.352 e. The maximum Gasteiger partial charge on any atom is 0.224 e. The fourth-order valence-electron chi connectivity index (χ4n) is 4.16. The van der Waals surface area contributed by atoms with Gasteiger partial charge in [-0.2, -0.15) is 0 Å². The molecule has 2 fully saturated rings. The van der Waals surface area contributed by atoms with Crippen molar-refractivity contribution in [2.24, 2.45) is 5.92 Å². The molecule has 2 heterocycles. The molecular formula is C21H33N3O3S. The van der Waals surface area contributed by atoms with E-state index >= 15 is 0 Å². The number of carbonyl (C=O) groups excluding carboxylic acids is 1. The number of nitrogens with one attached hydrogen (secondary N) is 1. The van der Waals surface area contributed by atoms with Crippen LogP contribution in [0.3, 0.4) is 0 Å². The minimum absolute atomic E-state index is 0.0382. The van der Waals surface area contributed by atoms with Crippen LogP contribution in [0.1, 0.15) is 50.2 Å². The Morgan fingerprint density at radius 1 is 1.07 bits per heavy atom. The highest BCUT2D eigenvalue weighted by Crippen LogP contribution is 2.20. The van der Waals surface area contributed by atoms with Crippen LogP contribution in [0.2, 0.25) is 0 Å². The van der Waals surface area contributed by atoms with Gasteiger partial charge in [-0.1, -0.05) is 30.7 Å². The first-order valence-electron chi connectivity index (χ1n) is 10.5. The van der Waals surface area contributed by atoms with E-state index in [2.05, 4.69) is 28.4 Å². The van der Waals surface area contributed by atoms with E-state index in [0.717, 1.165) is 38.0 Å². The fourth-order valence-corrected chi connectivity index (χ4v) is 5.34. The molecule has 0 saturated carbocycles. The molecule has 156 valence electrons. The second-order valence-corrected chi connectivity index (χ2v) is 10.2. The molecule has 0 radical (unpaired) electrons. The van der Waals surface area contributed by atoms with Gasteiger partial charge in [-0.05, 0) is 56.8 Å². The Labute approximate surface area is 169 Å². The normalized spacial score (nSPS) is 22.1. The molecule has 1 atom stereocenters. The van der Waals surface area contributed by atoms with E-state index in [1.165, 1.54) is 29.1 Å². The molecule has 0 spiro atoms. The number of benzene rings is 1. The van der Waals surface area contributed by atoms with Crippen molar-refractivity contribution in [2.75, 3.05) is 31.9 Å². The quantitative estimate of drug-likeness (QED) is 0.753. The van der Waals surface area contributed by atoms with Crippen LogP contribution in [0.15, 0.2) is 24.3 Å². The number of rotatable bonds is 7. The Balaban J connectivity index is 1.57. The summed E-state index contributed by atoms with van der Waals surface area (Å²) >= 11 is 0. The molecule has 7 heteroatoms. The highest BCUT2D eigenvalue weighted by Gasteiger charge is 2.31. The highest BCUT2D eigenvalue weighted by molar-refractivity contribution is 7.89. The number of sulfonamides is 1. The summed E-state index contributed by atoms with van der Waals surface area (Å²) in [6, 6.07) is 8.29. The first kappa shape index (κ1) is 21.3. The molecule has 0 aliphatic carbocycles. The van der Waals surface area contributed by atoms with E-state index < -0.39 is 10.0 Å². The van der Waals surface area contributed by atoms with Crippen molar-refractivity contribution in [1.82, 2.24) is 14.5 Å². The third kappa shape index (κ3) is 5.55. The monoisotopic (exact) mass is 407 g/mol. The Bertz CT molecular complexity index is 760. The van der Waals surface area contributed by atoms with E-state index in [4.69, 9.17) is 0 Å². The Morgan fingerprint density at radius 3 is 2.50 bits per heavy atom. The summed E-state index contributed by atoms with van der Waals surface area (Å²) in [5.41, 5.74) is 2.42. The van der Waals surface area contributed by atoms with Crippen molar-refractivity contribution in [3.63, 3.8) is 0 Å². The van der Waals surface area contributed by atoms with E-state index in [0.29, 0.717) is 19.6 Å². The minimum Gasteiger partial charge on any atom is -0.352 e. The van der Waals surface area contributed by atoms with Crippen LogP contribution in [0.4, 0.5) is 0 Å². The molecule has 2 aliphatic heterocycles. The van der Waals surface area contributed by atoms with Gasteiger partial charge in [0.25, 0.3) is 0 Å². The smallest absolute Gasteiger partial charge is 0.224 e. The molecule has 28 heavy (non-hydrogen) atoms. The van der Waals surface area contributed by atoms with Gasteiger partial charge < -0.3 is 5.32 Å². The first-order chi connectivity index (χ1) is 13.5. The summed E-state index contributed by atoms with van der Waals surface area (Å²) in [5, 5.41) is 3.06. The van der Waals surface area contributed by atoms with Crippen molar-refractivity contribution in [3.8, 4) is 0 Å². The topological polar surface area (TPSA) is 69.7 Å². The number of likely N-dealkylation sites (tertiary alicyclic amines) is 1. The van der Waals surface area contributed by atoms with Crippen molar-refractivity contribution in [1.29, 1.82) is 0 Å². The Kier molecular flexibility index (Phi) is 7.48. The summed E-state index contributed by atoms with van der Waals surface area (Å²) in [7, 11) is -3.23. The summed E-state index contributed by atoms with van der Waals surface area (Å²) < 4.78 is 25.7.